The fourth-order valence-corrected chi connectivity index (χ4v) is 4.42. The van der Waals surface area contributed by atoms with E-state index < -0.39 is 0 Å². The summed E-state index contributed by atoms with van der Waals surface area (Å²) in [7, 11) is 0. The van der Waals surface area contributed by atoms with Crippen molar-refractivity contribution < 1.29 is 0 Å². The Hall–Kier alpha value is -3.32. The molecule has 0 aliphatic carbocycles. The van der Waals surface area contributed by atoms with Gasteiger partial charge in [0, 0.05) is 63.8 Å². The van der Waals surface area contributed by atoms with Crippen LogP contribution in [0.4, 0.5) is 0 Å². The predicted octanol–water partition coefficient (Wildman–Crippen LogP) is 3.12. The predicted molar refractivity (Wildman–Crippen MR) is 119 cm³/mol. The van der Waals surface area contributed by atoms with Gasteiger partial charge >= 0.3 is 0 Å². The van der Waals surface area contributed by atoms with E-state index in [9.17, 15) is 0 Å². The number of hydrogen-bond acceptors (Lipinski definition) is 5. The fraction of sp³-hybridized carbons (Fsp3) is 0.333. The second-order valence-corrected chi connectivity index (χ2v) is 8.28. The molecule has 0 fully saturated rings. The fourth-order valence-electron chi connectivity index (χ4n) is 4.42. The Morgan fingerprint density at radius 1 is 1.00 bits per heavy atom. The summed E-state index contributed by atoms with van der Waals surface area (Å²) in [6.45, 7) is 8.09. The van der Waals surface area contributed by atoms with E-state index in [1.807, 2.05) is 35.4 Å². The molecular formula is C24H27N7. The summed E-state index contributed by atoms with van der Waals surface area (Å²) in [6.07, 6.45) is 9.23. The molecule has 7 heteroatoms. The van der Waals surface area contributed by atoms with Crippen LogP contribution in [0.25, 0.3) is 5.69 Å². The van der Waals surface area contributed by atoms with Crippen molar-refractivity contribution in [2.75, 3.05) is 13.1 Å². The molecule has 0 unspecified atom stereocenters. The van der Waals surface area contributed by atoms with Crippen LogP contribution < -0.4 is 0 Å². The maximum atomic E-state index is 4.49. The third-order valence-electron chi connectivity index (χ3n) is 6.01. The molecule has 1 aromatic carbocycles. The highest BCUT2D eigenvalue weighted by molar-refractivity contribution is 5.48. The molecule has 4 aromatic rings. The average Bonchev–Trinajstić information content (AvgIpc) is 3.38. The van der Waals surface area contributed by atoms with Gasteiger partial charge in [-0.15, -0.1) is 10.2 Å². The van der Waals surface area contributed by atoms with Gasteiger partial charge in [-0.05, 0) is 54.3 Å². The van der Waals surface area contributed by atoms with Crippen LogP contribution in [0.1, 0.15) is 33.9 Å². The zero-order valence-electron chi connectivity index (χ0n) is 18.1. The SMILES string of the molecule is Cc1cc(C)c(CN2CCc3nnc(Cc4cccnc4)n3CC2)c(-n2cccn2)c1. The Kier molecular flexibility index (Phi) is 5.34. The zero-order valence-corrected chi connectivity index (χ0v) is 18.1. The van der Waals surface area contributed by atoms with E-state index in [1.54, 1.807) is 6.20 Å². The maximum Gasteiger partial charge on any atom is 0.137 e. The summed E-state index contributed by atoms with van der Waals surface area (Å²) in [5.41, 5.74) is 6.24. The van der Waals surface area contributed by atoms with Crippen molar-refractivity contribution in [1.29, 1.82) is 0 Å². The lowest BCUT2D eigenvalue weighted by Crippen LogP contribution is -2.28. The van der Waals surface area contributed by atoms with Crippen molar-refractivity contribution in [3.8, 4) is 5.69 Å². The minimum atomic E-state index is 0.765. The molecule has 31 heavy (non-hydrogen) atoms. The van der Waals surface area contributed by atoms with Crippen LogP contribution in [0.5, 0.6) is 0 Å². The molecule has 0 radical (unpaired) electrons. The molecule has 0 atom stereocenters. The quantitative estimate of drug-likeness (QED) is 0.503. The molecule has 0 saturated heterocycles. The van der Waals surface area contributed by atoms with Crippen LogP contribution in [-0.4, -0.2) is 47.5 Å². The Morgan fingerprint density at radius 3 is 2.74 bits per heavy atom. The van der Waals surface area contributed by atoms with Gasteiger partial charge in [-0.25, -0.2) is 4.68 Å². The first-order chi connectivity index (χ1) is 15.2. The normalized spacial score (nSPS) is 14.4. The van der Waals surface area contributed by atoms with E-state index in [4.69, 9.17) is 0 Å². The van der Waals surface area contributed by atoms with Gasteiger partial charge in [-0.2, -0.15) is 5.10 Å². The molecule has 158 valence electrons. The highest BCUT2D eigenvalue weighted by Crippen LogP contribution is 2.23. The number of benzene rings is 1. The van der Waals surface area contributed by atoms with E-state index >= 15 is 0 Å². The molecule has 0 saturated carbocycles. The molecule has 0 N–H and O–H groups in total. The van der Waals surface area contributed by atoms with Crippen LogP contribution in [0, 0.1) is 13.8 Å². The minimum absolute atomic E-state index is 0.765. The highest BCUT2D eigenvalue weighted by Gasteiger charge is 2.21. The van der Waals surface area contributed by atoms with Crippen molar-refractivity contribution in [3.05, 3.63) is 89.0 Å². The summed E-state index contributed by atoms with van der Waals surface area (Å²) in [5, 5.41) is 13.5. The summed E-state index contributed by atoms with van der Waals surface area (Å²) < 4.78 is 4.28. The smallest absolute Gasteiger partial charge is 0.137 e. The number of hydrogen-bond donors (Lipinski definition) is 0. The molecule has 4 heterocycles. The first kappa shape index (κ1) is 19.6. The third kappa shape index (κ3) is 4.14. The summed E-state index contributed by atoms with van der Waals surface area (Å²) in [5.74, 6) is 2.10. The van der Waals surface area contributed by atoms with Crippen LogP contribution in [-0.2, 0) is 25.9 Å². The van der Waals surface area contributed by atoms with Crippen LogP contribution in [0.3, 0.4) is 0 Å². The molecule has 5 rings (SSSR count). The van der Waals surface area contributed by atoms with Gasteiger partial charge in [-0.1, -0.05) is 12.1 Å². The van der Waals surface area contributed by atoms with Crippen molar-refractivity contribution in [3.63, 3.8) is 0 Å². The van der Waals surface area contributed by atoms with Gasteiger partial charge in [0.2, 0.25) is 0 Å². The Labute approximate surface area is 182 Å². The first-order valence-corrected chi connectivity index (χ1v) is 10.8. The molecule has 0 bridgehead atoms. The number of aromatic nitrogens is 6. The van der Waals surface area contributed by atoms with E-state index in [1.165, 1.54) is 22.4 Å². The average molecular weight is 414 g/mol. The van der Waals surface area contributed by atoms with Gasteiger partial charge in [0.05, 0.1) is 5.69 Å². The summed E-state index contributed by atoms with van der Waals surface area (Å²) in [4.78, 5) is 6.75. The van der Waals surface area contributed by atoms with Crippen molar-refractivity contribution in [2.24, 2.45) is 0 Å². The number of rotatable bonds is 5. The maximum absolute atomic E-state index is 4.49. The van der Waals surface area contributed by atoms with Crippen molar-refractivity contribution in [2.45, 2.75) is 39.8 Å². The Balaban J connectivity index is 1.35. The van der Waals surface area contributed by atoms with E-state index in [-0.39, 0.29) is 0 Å². The molecule has 7 nitrogen and oxygen atoms in total. The van der Waals surface area contributed by atoms with Gasteiger partial charge in [0.25, 0.3) is 0 Å². The lowest BCUT2D eigenvalue weighted by Gasteiger charge is -2.23. The summed E-state index contributed by atoms with van der Waals surface area (Å²) in [6, 6.07) is 10.5. The van der Waals surface area contributed by atoms with Crippen molar-refractivity contribution >= 4 is 0 Å². The monoisotopic (exact) mass is 413 g/mol. The van der Waals surface area contributed by atoms with Gasteiger partial charge in [0.15, 0.2) is 0 Å². The molecular weight excluding hydrogens is 386 g/mol. The van der Waals surface area contributed by atoms with Gasteiger partial charge in [-0.3, -0.25) is 9.88 Å². The second kappa shape index (κ2) is 8.43. The van der Waals surface area contributed by atoms with E-state index in [0.717, 1.165) is 56.2 Å². The Bertz CT molecular complexity index is 1160. The number of nitrogens with zero attached hydrogens (tertiary/aromatic N) is 7. The topological polar surface area (TPSA) is 64.7 Å². The number of aryl methyl sites for hydroxylation is 2. The second-order valence-electron chi connectivity index (χ2n) is 8.28. The third-order valence-corrected chi connectivity index (χ3v) is 6.01. The lowest BCUT2D eigenvalue weighted by atomic mass is 10.0. The van der Waals surface area contributed by atoms with E-state index in [2.05, 4.69) is 61.8 Å². The molecule has 3 aromatic heterocycles. The molecule has 1 aliphatic heterocycles. The van der Waals surface area contributed by atoms with Gasteiger partial charge < -0.3 is 4.57 Å². The largest absolute Gasteiger partial charge is 0.313 e. The summed E-state index contributed by atoms with van der Waals surface area (Å²) >= 11 is 0. The van der Waals surface area contributed by atoms with Crippen molar-refractivity contribution in [1.82, 2.24) is 34.4 Å². The Morgan fingerprint density at radius 2 is 1.94 bits per heavy atom. The standard InChI is InChI=1S/C24H27N7/c1-18-13-19(2)21(22(14-18)31-9-4-8-26-31)17-29-10-6-23-27-28-24(30(23)12-11-29)15-20-5-3-7-25-16-20/h3-5,7-9,13-14,16H,6,10-12,15,17H2,1-2H3. The van der Waals surface area contributed by atoms with Gasteiger partial charge in [0.1, 0.15) is 11.6 Å². The lowest BCUT2D eigenvalue weighted by molar-refractivity contribution is 0.269. The zero-order chi connectivity index (χ0) is 21.2. The minimum Gasteiger partial charge on any atom is -0.313 e. The van der Waals surface area contributed by atoms with Crippen LogP contribution in [0.2, 0.25) is 0 Å². The molecule has 0 spiro atoms. The number of fused-ring (bicyclic) bond motifs is 1. The highest BCUT2D eigenvalue weighted by atomic mass is 15.3. The first-order valence-electron chi connectivity index (χ1n) is 10.8. The molecule has 0 amide bonds. The number of pyridine rings is 1. The molecule has 1 aliphatic rings. The van der Waals surface area contributed by atoms with Crippen LogP contribution >= 0.6 is 0 Å². The van der Waals surface area contributed by atoms with E-state index in [0.29, 0.717) is 0 Å². The van der Waals surface area contributed by atoms with Crippen LogP contribution in [0.15, 0.2) is 55.1 Å².